The molecule has 2 rings (SSSR count). The Kier molecular flexibility index (Phi) is 35.6. The monoisotopic (exact) mass is 906 g/mol. The van der Waals surface area contributed by atoms with Gasteiger partial charge in [-0.1, -0.05) is 160 Å². The molecule has 3 N–H and O–H groups in total. The summed E-state index contributed by atoms with van der Waals surface area (Å²) in [4.78, 5) is 5.89. The van der Waals surface area contributed by atoms with Crippen LogP contribution >= 0.6 is 24.4 Å². The minimum absolute atomic E-state index is 0.194. The Labute approximate surface area is 390 Å². The van der Waals surface area contributed by atoms with Crippen LogP contribution in [0.5, 0.6) is 5.88 Å². The largest absolute Gasteiger partial charge is 0.470 e. The van der Waals surface area contributed by atoms with Crippen LogP contribution in [0.2, 0.25) is 0 Å². The van der Waals surface area contributed by atoms with E-state index in [0.29, 0.717) is 37.5 Å². The van der Waals surface area contributed by atoms with E-state index in [9.17, 15) is 0 Å². The zero-order valence-corrected chi connectivity index (χ0v) is 43.9. The summed E-state index contributed by atoms with van der Waals surface area (Å²) >= 11 is 5.94. The van der Waals surface area contributed by atoms with Crippen LogP contribution in [0.15, 0.2) is 75.8 Å². The summed E-state index contributed by atoms with van der Waals surface area (Å²) in [6.07, 6.45) is 12.7. The number of unbranched alkanes of at least 4 members (excludes halogenated alkanes) is 3. The molecule has 9 nitrogen and oxygen atoms in total. The van der Waals surface area contributed by atoms with Gasteiger partial charge in [-0.15, -0.1) is 0 Å². The van der Waals surface area contributed by atoms with Crippen LogP contribution in [0.3, 0.4) is 0 Å². The van der Waals surface area contributed by atoms with Gasteiger partial charge < -0.3 is 24.1 Å². The number of hydrogen-bond acceptors (Lipinski definition) is 11. The van der Waals surface area contributed by atoms with Gasteiger partial charge in [-0.05, 0) is 108 Å². The maximum atomic E-state index is 7.93. The van der Waals surface area contributed by atoms with Crippen molar-refractivity contribution in [1.29, 1.82) is 0 Å². The van der Waals surface area contributed by atoms with E-state index in [4.69, 9.17) is 23.9 Å². The third-order valence-electron chi connectivity index (χ3n) is 8.71. The maximum Gasteiger partial charge on any atom is 0.254 e. The quantitative estimate of drug-likeness (QED) is 0.0253. The van der Waals surface area contributed by atoms with Crippen molar-refractivity contribution in [2.75, 3.05) is 19.8 Å². The van der Waals surface area contributed by atoms with Gasteiger partial charge in [-0.2, -0.15) is 12.6 Å². The lowest BCUT2D eigenvalue weighted by Crippen LogP contribution is -2.26. The average Bonchev–Trinajstić information content (AvgIpc) is 3.64. The van der Waals surface area contributed by atoms with E-state index in [1.54, 1.807) is 5.64 Å². The zero-order valence-electron chi connectivity index (χ0n) is 42.2. The highest BCUT2D eigenvalue weighted by Crippen LogP contribution is 2.34. The molecular formula is C51H91N3O6S2. The summed E-state index contributed by atoms with van der Waals surface area (Å²) in [5, 5.41) is 17.7. The molecule has 358 valence electrons. The molecular weight excluding hydrogens is 815 g/mol. The molecule has 2 aromatic rings. The number of nitrogens with one attached hydrogen (secondary N) is 2. The number of aromatic nitrogens is 1. The van der Waals surface area contributed by atoms with Gasteiger partial charge in [0.15, 0.2) is 6.29 Å². The molecule has 0 bridgehead atoms. The van der Waals surface area contributed by atoms with E-state index < -0.39 is 0 Å². The van der Waals surface area contributed by atoms with E-state index in [-0.39, 0.29) is 22.6 Å². The van der Waals surface area contributed by atoms with Crippen molar-refractivity contribution in [2.24, 2.45) is 11.8 Å². The molecule has 1 aromatic heterocycles. The normalized spacial score (nSPS) is 12.8. The van der Waals surface area contributed by atoms with Crippen molar-refractivity contribution < 1.29 is 28.8 Å². The molecule has 0 amide bonds. The van der Waals surface area contributed by atoms with Gasteiger partial charge in [-0.3, -0.25) is 10.0 Å². The summed E-state index contributed by atoms with van der Waals surface area (Å²) in [5.41, 5.74) is 7.72. The van der Waals surface area contributed by atoms with Gasteiger partial charge in [0.2, 0.25) is 0 Å². The van der Waals surface area contributed by atoms with Crippen LogP contribution in [-0.2, 0) is 20.9 Å². The number of hydrogen-bond donors (Lipinski definition) is 4. The third-order valence-corrected chi connectivity index (χ3v) is 9.92. The van der Waals surface area contributed by atoms with Crippen molar-refractivity contribution in [1.82, 2.24) is 16.1 Å². The molecule has 0 saturated carbocycles. The smallest absolute Gasteiger partial charge is 0.254 e. The summed E-state index contributed by atoms with van der Waals surface area (Å²) in [6.45, 7) is 41.8. The topological polar surface area (TPSA) is 107 Å². The Balaban J connectivity index is 0. The molecule has 0 aliphatic heterocycles. The zero-order chi connectivity index (χ0) is 47.7. The van der Waals surface area contributed by atoms with Crippen LogP contribution in [0, 0.1) is 11.8 Å². The summed E-state index contributed by atoms with van der Waals surface area (Å²) in [6, 6.07) is 10.8. The highest BCUT2D eigenvalue weighted by molar-refractivity contribution is 8.10. The number of thioether (sulfide) groups is 1. The van der Waals surface area contributed by atoms with E-state index >= 15 is 0 Å². The minimum atomic E-state index is -0.382. The van der Waals surface area contributed by atoms with Crippen molar-refractivity contribution in [3.63, 3.8) is 0 Å². The second kappa shape index (κ2) is 35.8. The highest BCUT2D eigenvalue weighted by Gasteiger charge is 2.23. The Hall–Kier alpha value is -2.51. The van der Waals surface area contributed by atoms with Crippen molar-refractivity contribution in [3.05, 3.63) is 88.2 Å². The van der Waals surface area contributed by atoms with Gasteiger partial charge in [0.1, 0.15) is 12.4 Å². The van der Waals surface area contributed by atoms with Crippen LogP contribution in [0.25, 0.3) is 4.91 Å². The standard InChI is InChI=1S/C25H39NS.C18H31NO4.C4H11NO2.C4H10S/c1-7-9-11-12-13-21(5)22(6)26-19-23-14-16-24(17-15-23)25(20(3)4)27-18-10-8-2;1-7-10-14(6)18(13(4)5)15-11-16(19-23-15)22-12-17(20-8-2)21-9-3;1-4(2,3)7-5-6;1-4(2,3)5/h10,14-18,21,26H,6-9,11-13,19H2,1-5H3;10-11,13,17-18H,7-9,12H2,1-6H3;5-6H,1-3H3;5H,1-3H3/b18-10-;14-10+;;. The van der Waals surface area contributed by atoms with E-state index in [1.165, 1.54) is 65.0 Å². The molecule has 11 heteroatoms. The van der Waals surface area contributed by atoms with E-state index in [2.05, 4.69) is 159 Å². The van der Waals surface area contributed by atoms with Crippen LogP contribution < -0.4 is 15.7 Å². The average molecular weight is 906 g/mol. The fourth-order valence-corrected chi connectivity index (χ4v) is 6.66. The Morgan fingerprint density at radius 1 is 0.919 bits per heavy atom. The predicted molar refractivity (Wildman–Crippen MR) is 271 cm³/mol. The molecule has 2 unspecified atom stereocenters. The predicted octanol–water partition coefficient (Wildman–Crippen LogP) is 15.3. The fourth-order valence-electron chi connectivity index (χ4n) is 5.72. The van der Waals surface area contributed by atoms with Crippen molar-refractivity contribution in [3.8, 4) is 5.88 Å². The molecule has 0 fully saturated rings. The van der Waals surface area contributed by atoms with Gasteiger partial charge in [-0.25, -0.2) is 0 Å². The maximum absolute atomic E-state index is 7.93. The number of ether oxygens (including phenoxy) is 3. The Morgan fingerprint density at radius 3 is 1.97 bits per heavy atom. The van der Waals surface area contributed by atoms with Crippen LogP contribution in [0.1, 0.15) is 185 Å². The van der Waals surface area contributed by atoms with Crippen molar-refractivity contribution in [2.45, 2.75) is 192 Å². The fraction of sp³-hybridized carbons (Fsp3) is 0.667. The highest BCUT2D eigenvalue weighted by atomic mass is 32.2. The molecule has 0 saturated heterocycles. The van der Waals surface area contributed by atoms with Crippen molar-refractivity contribution >= 4 is 29.3 Å². The van der Waals surface area contributed by atoms with Gasteiger partial charge in [0.05, 0.1) is 5.60 Å². The SMILES string of the molecule is C=C(NCc1ccc(C(S/C=C\CC)=C(C)C)cc1)C(C)CCCCCC.CC(C)(C)ONO.CC(C)(C)S.CC/C=C(\C)C(c1cc(OCC(OCC)OCC)no1)C(C)C. The van der Waals surface area contributed by atoms with Gasteiger partial charge in [0.25, 0.3) is 5.88 Å². The first-order chi connectivity index (χ1) is 29.1. The molecule has 0 aliphatic carbocycles. The lowest BCUT2D eigenvalue weighted by molar-refractivity contribution is -0.191. The summed E-state index contributed by atoms with van der Waals surface area (Å²) < 4.78 is 22.3. The summed E-state index contributed by atoms with van der Waals surface area (Å²) in [5.74, 6) is 2.49. The molecule has 0 radical (unpaired) electrons. The molecule has 0 aliphatic rings. The first kappa shape index (κ1) is 61.6. The Bertz CT molecular complexity index is 1490. The molecule has 1 heterocycles. The number of nitrogens with zero attached hydrogens (tertiary/aromatic N) is 1. The minimum Gasteiger partial charge on any atom is -0.470 e. The molecule has 1 aromatic carbocycles. The van der Waals surface area contributed by atoms with E-state index in [0.717, 1.165) is 25.1 Å². The lowest BCUT2D eigenvalue weighted by Gasteiger charge is -2.18. The van der Waals surface area contributed by atoms with Crippen LogP contribution in [-0.4, -0.2) is 46.8 Å². The van der Waals surface area contributed by atoms with Gasteiger partial charge in [0, 0.05) is 47.1 Å². The number of benzene rings is 1. The molecule has 0 spiro atoms. The number of thiol groups is 1. The molecule has 2 atom stereocenters. The third kappa shape index (κ3) is 33.1. The first-order valence-corrected chi connectivity index (χ1v) is 24.2. The second-order valence-electron chi connectivity index (χ2n) is 17.8. The molecule has 62 heavy (non-hydrogen) atoms. The van der Waals surface area contributed by atoms with E-state index in [1.807, 2.05) is 52.4 Å². The number of rotatable bonds is 25. The van der Waals surface area contributed by atoms with Crippen LogP contribution in [0.4, 0.5) is 0 Å². The van der Waals surface area contributed by atoms with Gasteiger partial charge >= 0.3 is 0 Å². The lowest BCUT2D eigenvalue weighted by atomic mass is 9.86. The number of allylic oxidation sites excluding steroid dienone is 5. The first-order valence-electron chi connectivity index (χ1n) is 22.9. The second-order valence-corrected chi connectivity index (χ2v) is 20.1. The summed E-state index contributed by atoms with van der Waals surface area (Å²) in [7, 11) is 0. The Morgan fingerprint density at radius 2 is 1.52 bits per heavy atom.